The van der Waals surface area contributed by atoms with Gasteiger partial charge in [-0.1, -0.05) is 133 Å². The number of ether oxygens (including phenoxy) is 1. The third-order valence-electron chi connectivity index (χ3n) is 7.99. The van der Waals surface area contributed by atoms with Crippen molar-refractivity contribution in [1.82, 2.24) is 0 Å². The zero-order chi connectivity index (χ0) is 30.5. The molecule has 0 radical (unpaired) electrons. The van der Waals surface area contributed by atoms with Gasteiger partial charge in [-0.15, -0.1) is 0 Å². The Morgan fingerprint density at radius 3 is 1.95 bits per heavy atom. The summed E-state index contributed by atoms with van der Waals surface area (Å²) in [7, 11) is 0. The summed E-state index contributed by atoms with van der Waals surface area (Å²) in [6.07, 6.45) is 23.7. The van der Waals surface area contributed by atoms with Gasteiger partial charge < -0.3 is 33.6 Å². The highest BCUT2D eigenvalue weighted by molar-refractivity contribution is 6.32. The molecule has 0 saturated heterocycles. The minimum absolute atomic E-state index is 0. The number of aromatic nitrogens is 1. The Kier molecular flexibility index (Phi) is 20.1. The number of unbranched alkanes of at least 4 members (excludes halogenated alkanes) is 13. The highest BCUT2D eigenvalue weighted by atomic mass is 127. The van der Waals surface area contributed by atoms with Gasteiger partial charge in [0, 0.05) is 18.2 Å². The van der Waals surface area contributed by atoms with Crippen molar-refractivity contribution in [2.75, 3.05) is 11.5 Å². The fraction of sp³-hybridized carbons (Fsp3) is 0.526. The van der Waals surface area contributed by atoms with E-state index in [0.717, 1.165) is 30.6 Å². The summed E-state index contributed by atoms with van der Waals surface area (Å²) >= 11 is 6.64. The lowest BCUT2D eigenvalue weighted by Gasteiger charge is -2.23. The number of carbonyl (C=O) groups is 1. The molecule has 0 aliphatic carbocycles. The lowest BCUT2D eigenvalue weighted by molar-refractivity contribution is -0.697. The molecule has 0 aliphatic heterocycles. The average Bonchev–Trinajstić information content (AvgIpc) is 3.03. The van der Waals surface area contributed by atoms with Crippen LogP contribution in [0.4, 0.5) is 5.69 Å². The Morgan fingerprint density at radius 2 is 1.36 bits per heavy atom. The Balaban J connectivity index is 0.00000675. The van der Waals surface area contributed by atoms with Crippen molar-refractivity contribution in [3.05, 3.63) is 89.2 Å². The fourth-order valence-electron chi connectivity index (χ4n) is 5.51. The zero-order valence-electron chi connectivity index (χ0n) is 27.1. The second-order valence-corrected chi connectivity index (χ2v) is 12.2. The van der Waals surface area contributed by atoms with Gasteiger partial charge in [0.05, 0.1) is 18.2 Å². The van der Waals surface area contributed by atoms with Crippen LogP contribution in [0.2, 0.25) is 5.02 Å². The molecule has 3 aromatic rings. The summed E-state index contributed by atoms with van der Waals surface area (Å²) in [5.41, 5.74) is 2.48. The minimum atomic E-state index is -0.0362. The predicted octanol–water partition coefficient (Wildman–Crippen LogP) is 7.75. The monoisotopic (exact) mass is 732 g/mol. The van der Waals surface area contributed by atoms with Crippen molar-refractivity contribution >= 4 is 23.2 Å². The van der Waals surface area contributed by atoms with Gasteiger partial charge in [-0.3, -0.25) is 4.79 Å². The van der Waals surface area contributed by atoms with Crippen LogP contribution >= 0.6 is 11.6 Å². The fourth-order valence-corrected chi connectivity index (χ4v) is 5.77. The van der Waals surface area contributed by atoms with Crippen molar-refractivity contribution in [2.24, 2.45) is 0 Å². The molecule has 0 spiro atoms. The molecule has 0 bridgehead atoms. The largest absolute Gasteiger partial charge is 1.00 e. The molecule has 0 aliphatic rings. The molecule has 44 heavy (non-hydrogen) atoms. The highest BCUT2D eigenvalue weighted by Crippen LogP contribution is 2.28. The van der Waals surface area contributed by atoms with E-state index in [-0.39, 0.29) is 29.9 Å². The summed E-state index contributed by atoms with van der Waals surface area (Å²) in [5.74, 6) is 0.673. The number of benzene rings is 2. The summed E-state index contributed by atoms with van der Waals surface area (Å²) < 4.78 is 8.09. The minimum Gasteiger partial charge on any atom is -1.00 e. The highest BCUT2D eigenvalue weighted by Gasteiger charge is 2.21. The molecule has 3 rings (SSSR count). The molecule has 0 atom stereocenters. The molecular weight excluding hydrogens is 679 g/mol. The zero-order valence-corrected chi connectivity index (χ0v) is 30.0. The first-order chi connectivity index (χ1) is 21.1. The molecular formula is C38H54ClIN2O2. The number of carbonyl (C=O) groups excluding carboxylic acids is 1. The van der Waals surface area contributed by atoms with Gasteiger partial charge >= 0.3 is 0 Å². The molecule has 242 valence electrons. The molecule has 0 N–H and O–H groups in total. The van der Waals surface area contributed by atoms with Gasteiger partial charge in [0.25, 0.3) is 5.91 Å². The van der Waals surface area contributed by atoms with E-state index in [2.05, 4.69) is 18.4 Å². The van der Waals surface area contributed by atoms with Crippen LogP contribution in [0.5, 0.6) is 5.75 Å². The molecule has 6 heteroatoms. The number of amides is 1. The number of nitrogens with zero attached hydrogens (tertiary/aromatic N) is 2. The number of rotatable bonds is 22. The van der Waals surface area contributed by atoms with Crippen molar-refractivity contribution in [3.8, 4) is 5.75 Å². The van der Waals surface area contributed by atoms with E-state index in [9.17, 15) is 4.79 Å². The molecule has 0 unspecified atom stereocenters. The van der Waals surface area contributed by atoms with Crippen molar-refractivity contribution in [1.29, 1.82) is 0 Å². The van der Waals surface area contributed by atoms with E-state index in [4.69, 9.17) is 16.3 Å². The van der Waals surface area contributed by atoms with E-state index in [1.54, 1.807) is 0 Å². The molecule has 4 nitrogen and oxygen atoms in total. The number of para-hydroxylation sites is 1. The van der Waals surface area contributed by atoms with Gasteiger partial charge in [0.1, 0.15) is 17.9 Å². The quantitative estimate of drug-likeness (QED) is 0.0602. The van der Waals surface area contributed by atoms with E-state index < -0.39 is 0 Å². The number of hydrogen-bond donors (Lipinski definition) is 0. The topological polar surface area (TPSA) is 33.4 Å². The Morgan fingerprint density at radius 1 is 0.750 bits per heavy atom. The van der Waals surface area contributed by atoms with Crippen LogP contribution in [-0.2, 0) is 13.1 Å². The van der Waals surface area contributed by atoms with Crippen LogP contribution in [0.3, 0.4) is 0 Å². The van der Waals surface area contributed by atoms with Gasteiger partial charge in [0.15, 0.2) is 12.4 Å². The lowest BCUT2D eigenvalue weighted by atomic mass is 10.0. The maximum Gasteiger partial charge on any atom is 0.264 e. The molecule has 1 heterocycles. The predicted molar refractivity (Wildman–Crippen MR) is 181 cm³/mol. The van der Waals surface area contributed by atoms with Crippen molar-refractivity contribution < 1.29 is 38.1 Å². The van der Waals surface area contributed by atoms with E-state index >= 15 is 0 Å². The maximum absolute atomic E-state index is 13.7. The van der Waals surface area contributed by atoms with E-state index in [1.165, 1.54) is 83.5 Å². The van der Waals surface area contributed by atoms with Crippen LogP contribution in [0.15, 0.2) is 73.1 Å². The molecule has 1 amide bonds. The SMILES string of the molecule is CCCCCCCCCCCCCCCCOc1ccc(CN(C(=O)c2ccc[n+](CCC)c2)c2ccccc2)cc1Cl.[I-]. The lowest BCUT2D eigenvalue weighted by Crippen LogP contribution is -3.00. The van der Waals surface area contributed by atoms with E-state index in [1.807, 2.05) is 78.0 Å². The second-order valence-electron chi connectivity index (χ2n) is 11.8. The number of hydrogen-bond acceptors (Lipinski definition) is 2. The summed E-state index contributed by atoms with van der Waals surface area (Å²) in [6, 6.07) is 19.5. The maximum atomic E-state index is 13.7. The summed E-state index contributed by atoms with van der Waals surface area (Å²) in [6.45, 7) is 6.39. The number of pyridine rings is 1. The Hall–Kier alpha value is -2.12. The Bertz CT molecular complexity index is 1190. The third-order valence-corrected chi connectivity index (χ3v) is 8.29. The molecule has 1 aromatic heterocycles. The van der Waals surface area contributed by atoms with Crippen LogP contribution in [0, 0.1) is 0 Å². The average molecular weight is 733 g/mol. The number of aryl methyl sites for hydroxylation is 1. The van der Waals surface area contributed by atoms with E-state index in [0.29, 0.717) is 29.5 Å². The first kappa shape index (κ1) is 38.1. The molecule has 0 saturated carbocycles. The van der Waals surface area contributed by atoms with Crippen LogP contribution in [0.1, 0.15) is 126 Å². The third kappa shape index (κ3) is 14.3. The Labute approximate surface area is 289 Å². The van der Waals surface area contributed by atoms with Crippen LogP contribution < -0.4 is 38.2 Å². The summed E-state index contributed by atoms with van der Waals surface area (Å²) in [5, 5.41) is 0.587. The van der Waals surface area contributed by atoms with Crippen LogP contribution in [-0.4, -0.2) is 12.5 Å². The van der Waals surface area contributed by atoms with Crippen LogP contribution in [0.25, 0.3) is 0 Å². The van der Waals surface area contributed by atoms with Gasteiger partial charge in [0.2, 0.25) is 0 Å². The second kappa shape index (κ2) is 23.3. The summed E-state index contributed by atoms with van der Waals surface area (Å²) in [4.78, 5) is 15.5. The normalized spacial score (nSPS) is 10.8. The van der Waals surface area contributed by atoms with Gasteiger partial charge in [-0.25, -0.2) is 4.57 Å². The number of anilines is 1. The van der Waals surface area contributed by atoms with Gasteiger partial charge in [-0.2, -0.15) is 0 Å². The first-order valence-electron chi connectivity index (χ1n) is 16.9. The smallest absolute Gasteiger partial charge is 0.264 e. The van der Waals surface area contributed by atoms with Crippen molar-refractivity contribution in [2.45, 2.75) is 123 Å². The van der Waals surface area contributed by atoms with Crippen molar-refractivity contribution in [3.63, 3.8) is 0 Å². The molecule has 2 aromatic carbocycles. The number of halogens is 2. The standard InChI is InChI=1S/C38H54ClN2O2.HI/c1-3-5-6-7-8-9-10-11-12-13-14-15-16-20-29-43-37-26-25-33(30-36(37)39)31-41(35-23-18-17-19-24-35)38(42)34-22-21-28-40(32-34)27-4-2;/h17-19,21-26,28,30,32H,3-16,20,27,29,31H2,1-2H3;1H/q+1;/p-1. The first-order valence-corrected chi connectivity index (χ1v) is 17.3. The van der Waals surface area contributed by atoms with Gasteiger partial charge in [-0.05, 0) is 42.3 Å². The molecule has 0 fully saturated rings.